The van der Waals surface area contributed by atoms with E-state index in [2.05, 4.69) is 0 Å². The molecule has 0 aliphatic heterocycles. The van der Waals surface area contributed by atoms with Gasteiger partial charge in [0.2, 0.25) is 5.75 Å². The van der Waals surface area contributed by atoms with Gasteiger partial charge in [-0.2, -0.15) is 0 Å². The van der Waals surface area contributed by atoms with Crippen molar-refractivity contribution in [3.05, 3.63) is 18.2 Å². The monoisotopic (exact) mass is 344 g/mol. The second kappa shape index (κ2) is 12.5. The van der Waals surface area contributed by atoms with E-state index < -0.39 is 5.97 Å². The van der Waals surface area contributed by atoms with Gasteiger partial charge in [-0.25, -0.2) is 0 Å². The van der Waals surface area contributed by atoms with Crippen LogP contribution in [0, 0.1) is 0 Å². The molecule has 0 fully saturated rings. The zero-order valence-corrected chi connectivity index (χ0v) is 14.2. The Morgan fingerprint density at radius 3 is 2.04 bits per heavy atom. The maximum absolute atomic E-state index is 11.2. The van der Waals surface area contributed by atoms with Gasteiger partial charge in [-0.3, -0.25) is 4.79 Å². The van der Waals surface area contributed by atoms with Crippen molar-refractivity contribution >= 4 is 5.97 Å². The van der Waals surface area contributed by atoms with Crippen molar-refractivity contribution in [2.75, 3.05) is 54.2 Å². The van der Waals surface area contributed by atoms with Gasteiger partial charge in [0.1, 0.15) is 0 Å². The lowest BCUT2D eigenvalue weighted by atomic mass is 10.3. The quantitative estimate of drug-likeness (QED) is 0.231. The summed E-state index contributed by atoms with van der Waals surface area (Å²) in [5.74, 6) is 0.419. The molecule has 0 aliphatic rings. The van der Waals surface area contributed by atoms with Crippen LogP contribution in [-0.4, -0.2) is 60.2 Å². The molecule has 0 radical (unpaired) electrons. The number of carbonyl (C=O) groups excluding carboxylic acids is 1. The third-order valence-corrected chi connectivity index (χ3v) is 2.64. The summed E-state index contributed by atoms with van der Waals surface area (Å²) in [6.45, 7) is 2.97. The first-order valence-electron chi connectivity index (χ1n) is 7.39. The van der Waals surface area contributed by atoms with Crippen LogP contribution in [-0.2, 0) is 23.7 Å². The number of methoxy groups -OCH3 is 2. The number of para-hydroxylation sites is 1. The van der Waals surface area contributed by atoms with E-state index in [9.17, 15) is 4.79 Å². The fourth-order valence-electron chi connectivity index (χ4n) is 1.59. The van der Waals surface area contributed by atoms with E-state index in [1.165, 1.54) is 6.92 Å². The Hall–Kier alpha value is -1.87. The standard InChI is InChI=1S/C16H24O8/c1-13(17)24-15-6-4-5-14(22-11-20-9-7-18-2)16(15)23-12-21-10-8-19-3/h4-6H,7-12H2,1-3H3. The fraction of sp³-hybridized carbons (Fsp3) is 0.562. The van der Waals surface area contributed by atoms with Crippen molar-refractivity contribution in [3.63, 3.8) is 0 Å². The van der Waals surface area contributed by atoms with E-state index in [-0.39, 0.29) is 25.1 Å². The van der Waals surface area contributed by atoms with Gasteiger partial charge in [0.05, 0.1) is 26.4 Å². The first-order valence-corrected chi connectivity index (χ1v) is 7.39. The number of ether oxygens (including phenoxy) is 7. The molecule has 8 heteroatoms. The largest absolute Gasteiger partial charge is 0.464 e. The van der Waals surface area contributed by atoms with E-state index in [0.717, 1.165) is 0 Å². The van der Waals surface area contributed by atoms with Crippen LogP contribution in [0.25, 0.3) is 0 Å². The molecule has 0 saturated heterocycles. The molecule has 1 aromatic rings. The average molecular weight is 344 g/mol. The van der Waals surface area contributed by atoms with Crippen LogP contribution in [0.5, 0.6) is 17.2 Å². The van der Waals surface area contributed by atoms with Crippen LogP contribution >= 0.6 is 0 Å². The number of hydrogen-bond donors (Lipinski definition) is 0. The Bertz CT molecular complexity index is 477. The van der Waals surface area contributed by atoms with Crippen molar-refractivity contribution in [2.45, 2.75) is 6.92 Å². The van der Waals surface area contributed by atoms with E-state index in [4.69, 9.17) is 33.2 Å². The van der Waals surface area contributed by atoms with E-state index in [1.54, 1.807) is 32.4 Å². The molecule has 8 nitrogen and oxygen atoms in total. The first kappa shape index (κ1) is 20.2. The molecule has 136 valence electrons. The van der Waals surface area contributed by atoms with E-state index >= 15 is 0 Å². The zero-order chi connectivity index (χ0) is 17.6. The molecular formula is C16H24O8. The van der Waals surface area contributed by atoms with Crippen LogP contribution < -0.4 is 14.2 Å². The summed E-state index contributed by atoms with van der Waals surface area (Å²) < 4.78 is 36.4. The third kappa shape index (κ3) is 8.11. The van der Waals surface area contributed by atoms with Gasteiger partial charge < -0.3 is 33.2 Å². The predicted octanol–water partition coefficient (Wildman–Crippen LogP) is 1.61. The van der Waals surface area contributed by atoms with E-state index in [1.807, 2.05) is 0 Å². The summed E-state index contributed by atoms with van der Waals surface area (Å²) in [6.07, 6.45) is 0. The minimum atomic E-state index is -0.464. The lowest BCUT2D eigenvalue weighted by molar-refractivity contribution is -0.132. The molecule has 0 bridgehead atoms. The summed E-state index contributed by atoms with van der Waals surface area (Å²) in [6, 6.07) is 4.96. The summed E-state index contributed by atoms with van der Waals surface area (Å²) in [5, 5.41) is 0. The SMILES string of the molecule is COCCOCOc1cccc(OC(C)=O)c1OCOCCOC. The minimum Gasteiger partial charge on any atom is -0.464 e. The number of benzene rings is 1. The maximum Gasteiger partial charge on any atom is 0.308 e. The third-order valence-electron chi connectivity index (χ3n) is 2.64. The first-order chi connectivity index (χ1) is 11.7. The highest BCUT2D eigenvalue weighted by atomic mass is 16.7. The zero-order valence-electron chi connectivity index (χ0n) is 14.2. The lowest BCUT2D eigenvalue weighted by Gasteiger charge is -2.15. The molecular weight excluding hydrogens is 320 g/mol. The van der Waals surface area contributed by atoms with E-state index in [0.29, 0.717) is 32.2 Å². The second-order valence-electron chi connectivity index (χ2n) is 4.50. The summed E-state index contributed by atoms with van der Waals surface area (Å²) in [4.78, 5) is 11.2. The molecule has 0 unspecified atom stereocenters. The molecule has 0 N–H and O–H groups in total. The Balaban J connectivity index is 2.66. The molecule has 1 aromatic carbocycles. The second-order valence-corrected chi connectivity index (χ2v) is 4.50. The molecule has 0 aromatic heterocycles. The normalized spacial score (nSPS) is 10.5. The van der Waals surface area contributed by atoms with Gasteiger partial charge in [-0.05, 0) is 12.1 Å². The van der Waals surface area contributed by atoms with Gasteiger partial charge >= 0.3 is 5.97 Å². The van der Waals surface area contributed by atoms with Gasteiger partial charge in [0.25, 0.3) is 0 Å². The van der Waals surface area contributed by atoms with Crippen molar-refractivity contribution in [2.24, 2.45) is 0 Å². The number of carbonyl (C=O) groups is 1. The van der Waals surface area contributed by atoms with Crippen LogP contribution in [0.4, 0.5) is 0 Å². The Morgan fingerprint density at radius 2 is 1.46 bits per heavy atom. The Kier molecular flexibility index (Phi) is 10.5. The number of hydrogen-bond acceptors (Lipinski definition) is 8. The molecule has 0 aliphatic carbocycles. The maximum atomic E-state index is 11.2. The molecule has 24 heavy (non-hydrogen) atoms. The minimum absolute atomic E-state index is 0.00771. The molecule has 0 amide bonds. The summed E-state index contributed by atoms with van der Waals surface area (Å²) in [5.41, 5.74) is 0. The highest BCUT2D eigenvalue weighted by Gasteiger charge is 2.14. The predicted molar refractivity (Wildman–Crippen MR) is 84.4 cm³/mol. The van der Waals surface area contributed by atoms with Crippen LogP contribution in [0.3, 0.4) is 0 Å². The smallest absolute Gasteiger partial charge is 0.308 e. The van der Waals surface area contributed by atoms with Gasteiger partial charge in [0, 0.05) is 21.1 Å². The van der Waals surface area contributed by atoms with Gasteiger partial charge in [-0.1, -0.05) is 6.07 Å². The summed E-state index contributed by atoms with van der Waals surface area (Å²) in [7, 11) is 3.16. The fourth-order valence-corrected chi connectivity index (χ4v) is 1.59. The Morgan fingerprint density at radius 1 is 0.875 bits per heavy atom. The van der Waals surface area contributed by atoms with Crippen molar-refractivity contribution < 1.29 is 38.0 Å². The van der Waals surface area contributed by atoms with Crippen molar-refractivity contribution in [1.29, 1.82) is 0 Å². The Labute approximate surface area is 141 Å². The van der Waals surface area contributed by atoms with Crippen LogP contribution in [0.15, 0.2) is 18.2 Å². The number of rotatable bonds is 13. The van der Waals surface area contributed by atoms with Gasteiger partial charge in [0.15, 0.2) is 25.1 Å². The molecule has 0 spiro atoms. The molecule has 0 atom stereocenters. The molecule has 0 saturated carbocycles. The topological polar surface area (TPSA) is 81.7 Å². The lowest BCUT2D eigenvalue weighted by Crippen LogP contribution is -2.12. The number of esters is 1. The highest BCUT2D eigenvalue weighted by Crippen LogP contribution is 2.37. The molecule has 0 heterocycles. The van der Waals surface area contributed by atoms with Gasteiger partial charge in [-0.15, -0.1) is 0 Å². The van der Waals surface area contributed by atoms with Crippen molar-refractivity contribution in [3.8, 4) is 17.2 Å². The summed E-state index contributed by atoms with van der Waals surface area (Å²) >= 11 is 0. The van der Waals surface area contributed by atoms with Crippen LogP contribution in [0.1, 0.15) is 6.92 Å². The van der Waals surface area contributed by atoms with Crippen LogP contribution in [0.2, 0.25) is 0 Å². The molecule has 1 rings (SSSR count). The highest BCUT2D eigenvalue weighted by molar-refractivity contribution is 5.71. The average Bonchev–Trinajstić information content (AvgIpc) is 2.55. The van der Waals surface area contributed by atoms with Crippen molar-refractivity contribution in [1.82, 2.24) is 0 Å².